The van der Waals surface area contributed by atoms with Crippen molar-refractivity contribution < 1.29 is 9.59 Å². The number of para-hydroxylation sites is 1. The Morgan fingerprint density at radius 2 is 1.78 bits per heavy atom. The van der Waals surface area contributed by atoms with Crippen molar-refractivity contribution in [3.05, 3.63) is 77.5 Å². The molecule has 3 aliphatic rings. The SMILES string of the molecule is N=C1C(=Cc2cn(Cc3ccccc3)c3ccccc23)C(=O)N=C2SC(CC(=O)N3CCCCC3)=NN12. The number of fused-ring (bicyclic) bond motifs is 2. The van der Waals surface area contributed by atoms with Crippen LogP contribution in [-0.2, 0) is 16.1 Å². The van der Waals surface area contributed by atoms with Gasteiger partial charge < -0.3 is 9.47 Å². The summed E-state index contributed by atoms with van der Waals surface area (Å²) in [7, 11) is 0. The summed E-state index contributed by atoms with van der Waals surface area (Å²) in [5.41, 5.74) is 3.24. The third kappa shape index (κ3) is 4.62. The minimum absolute atomic E-state index is 0.0252. The fraction of sp³-hybridized carbons (Fsp3) is 0.250. The molecule has 0 aliphatic carbocycles. The van der Waals surface area contributed by atoms with Gasteiger partial charge in [-0.15, -0.1) is 0 Å². The van der Waals surface area contributed by atoms with Gasteiger partial charge in [-0.25, -0.2) is 0 Å². The molecule has 186 valence electrons. The van der Waals surface area contributed by atoms with E-state index in [1.54, 1.807) is 6.08 Å². The second-order valence-electron chi connectivity index (χ2n) is 9.35. The predicted molar refractivity (Wildman–Crippen MR) is 148 cm³/mol. The van der Waals surface area contributed by atoms with Crippen LogP contribution in [0.1, 0.15) is 36.8 Å². The summed E-state index contributed by atoms with van der Waals surface area (Å²) >= 11 is 1.20. The van der Waals surface area contributed by atoms with E-state index < -0.39 is 5.91 Å². The number of likely N-dealkylation sites (tertiary alicyclic amines) is 1. The molecule has 0 saturated carbocycles. The third-order valence-electron chi connectivity index (χ3n) is 6.82. The molecule has 37 heavy (non-hydrogen) atoms. The molecule has 0 atom stereocenters. The van der Waals surface area contributed by atoms with E-state index in [2.05, 4.69) is 32.9 Å². The van der Waals surface area contributed by atoms with Crippen molar-refractivity contribution in [2.75, 3.05) is 13.1 Å². The van der Waals surface area contributed by atoms with Crippen LogP contribution in [0.15, 0.2) is 76.5 Å². The molecule has 9 heteroatoms. The van der Waals surface area contributed by atoms with Gasteiger partial charge in [-0.2, -0.15) is 15.1 Å². The van der Waals surface area contributed by atoms with Crippen LogP contribution in [0.2, 0.25) is 0 Å². The van der Waals surface area contributed by atoms with Crippen LogP contribution in [0.4, 0.5) is 0 Å². The van der Waals surface area contributed by atoms with Crippen molar-refractivity contribution in [1.29, 1.82) is 5.41 Å². The molecule has 3 aromatic rings. The Hall–Kier alpha value is -3.98. The first-order valence-corrected chi connectivity index (χ1v) is 13.3. The topological polar surface area (TPSA) is 94.1 Å². The average Bonchev–Trinajstić information content (AvgIpc) is 3.48. The normalized spacial score (nSPS) is 18.9. The molecule has 1 N–H and O–H groups in total. The highest BCUT2D eigenvalue weighted by molar-refractivity contribution is 8.27. The number of hydrogen-bond acceptors (Lipinski definition) is 5. The van der Waals surface area contributed by atoms with E-state index in [1.807, 2.05) is 47.5 Å². The van der Waals surface area contributed by atoms with Gasteiger partial charge in [-0.3, -0.25) is 15.0 Å². The number of rotatable bonds is 5. The van der Waals surface area contributed by atoms with Crippen molar-refractivity contribution in [3.63, 3.8) is 0 Å². The Balaban J connectivity index is 1.27. The Bertz CT molecular complexity index is 1500. The summed E-state index contributed by atoms with van der Waals surface area (Å²) < 4.78 is 2.15. The summed E-state index contributed by atoms with van der Waals surface area (Å²) in [6, 6.07) is 18.2. The number of hydrogen-bond donors (Lipinski definition) is 1. The number of amidine groups is 2. The van der Waals surface area contributed by atoms with E-state index >= 15 is 0 Å². The first-order chi connectivity index (χ1) is 18.1. The van der Waals surface area contributed by atoms with Crippen LogP contribution < -0.4 is 0 Å². The van der Waals surface area contributed by atoms with Crippen LogP contribution in [0.25, 0.3) is 17.0 Å². The van der Waals surface area contributed by atoms with Crippen LogP contribution >= 0.6 is 11.8 Å². The monoisotopic (exact) mass is 510 g/mol. The lowest BCUT2D eigenvalue weighted by molar-refractivity contribution is -0.130. The Morgan fingerprint density at radius 3 is 2.59 bits per heavy atom. The van der Waals surface area contributed by atoms with Crippen LogP contribution in [0.5, 0.6) is 0 Å². The van der Waals surface area contributed by atoms with Gasteiger partial charge in [0.15, 0.2) is 5.84 Å². The number of piperidine rings is 1. The molecule has 3 aliphatic heterocycles. The smallest absolute Gasteiger partial charge is 0.283 e. The van der Waals surface area contributed by atoms with Gasteiger partial charge in [0.25, 0.3) is 5.91 Å². The number of nitrogens with one attached hydrogen (secondary N) is 1. The summed E-state index contributed by atoms with van der Waals surface area (Å²) in [4.78, 5) is 31.8. The van der Waals surface area contributed by atoms with Crippen molar-refractivity contribution in [2.45, 2.75) is 32.2 Å². The van der Waals surface area contributed by atoms with Crippen molar-refractivity contribution in [1.82, 2.24) is 14.5 Å². The maximum absolute atomic E-state index is 13.0. The molecule has 1 aromatic heterocycles. The molecule has 2 aromatic carbocycles. The molecular formula is C28H26N6O2S. The van der Waals surface area contributed by atoms with E-state index in [4.69, 9.17) is 5.41 Å². The largest absolute Gasteiger partial charge is 0.342 e. The number of carbonyl (C=O) groups is 2. The van der Waals surface area contributed by atoms with Gasteiger partial charge in [-0.1, -0.05) is 48.5 Å². The van der Waals surface area contributed by atoms with Gasteiger partial charge in [-0.05, 0) is 48.7 Å². The van der Waals surface area contributed by atoms with Crippen LogP contribution in [0, 0.1) is 5.41 Å². The van der Waals surface area contributed by atoms with Crippen LogP contribution in [-0.4, -0.2) is 55.4 Å². The second kappa shape index (κ2) is 9.82. The Labute approximate surface area is 218 Å². The molecule has 1 fully saturated rings. The van der Waals surface area contributed by atoms with Crippen molar-refractivity contribution in [2.24, 2.45) is 10.1 Å². The minimum Gasteiger partial charge on any atom is -0.342 e. The minimum atomic E-state index is -0.470. The Morgan fingerprint density at radius 1 is 1.03 bits per heavy atom. The maximum Gasteiger partial charge on any atom is 0.283 e. The van der Waals surface area contributed by atoms with Crippen LogP contribution in [0.3, 0.4) is 0 Å². The van der Waals surface area contributed by atoms with E-state index in [-0.39, 0.29) is 23.7 Å². The number of amides is 2. The first-order valence-electron chi connectivity index (χ1n) is 12.5. The molecule has 0 unspecified atom stereocenters. The third-order valence-corrected chi connectivity index (χ3v) is 7.73. The maximum atomic E-state index is 13.0. The number of benzene rings is 2. The molecule has 0 spiro atoms. The quantitative estimate of drug-likeness (QED) is 0.503. The highest BCUT2D eigenvalue weighted by atomic mass is 32.2. The first kappa shape index (κ1) is 23.4. The molecule has 0 bridgehead atoms. The number of hydrazone groups is 1. The van der Waals surface area contributed by atoms with Gasteiger partial charge in [0.1, 0.15) is 5.04 Å². The number of aromatic nitrogens is 1. The lowest BCUT2D eigenvalue weighted by atomic mass is 10.1. The molecule has 4 heterocycles. The molecular weight excluding hydrogens is 484 g/mol. The lowest BCUT2D eigenvalue weighted by Crippen LogP contribution is -2.36. The second-order valence-corrected chi connectivity index (χ2v) is 10.4. The zero-order valence-corrected chi connectivity index (χ0v) is 21.1. The standard InChI is InChI=1S/C28H26N6O2S/c29-26-22(15-20-18-33(17-19-9-3-1-4-10-19)23-12-6-5-11-21(20)23)27(36)30-28-34(26)31-24(37-28)16-25(35)32-13-7-2-8-14-32/h1,3-6,9-12,15,18,29H,2,7-8,13-14,16-17H2. The number of thioether (sulfide) groups is 1. The van der Waals surface area contributed by atoms with Gasteiger partial charge in [0.05, 0.1) is 12.0 Å². The zero-order chi connectivity index (χ0) is 25.4. The molecule has 0 radical (unpaired) electrons. The molecule has 6 rings (SSSR count). The highest BCUT2D eigenvalue weighted by Crippen LogP contribution is 2.31. The molecule has 1 saturated heterocycles. The average molecular weight is 511 g/mol. The summed E-state index contributed by atoms with van der Waals surface area (Å²) in [6.45, 7) is 2.25. The van der Waals surface area contributed by atoms with Crippen molar-refractivity contribution >= 4 is 56.6 Å². The number of nitrogens with zero attached hydrogens (tertiary/aromatic N) is 5. The number of carbonyl (C=O) groups excluding carboxylic acids is 2. The Kier molecular flexibility index (Phi) is 6.21. The predicted octanol–water partition coefficient (Wildman–Crippen LogP) is 4.71. The summed E-state index contributed by atoms with van der Waals surface area (Å²) in [6.07, 6.45) is 7.11. The van der Waals surface area contributed by atoms with Gasteiger partial charge >= 0.3 is 0 Å². The summed E-state index contributed by atoms with van der Waals surface area (Å²) in [5, 5.41) is 16.5. The summed E-state index contributed by atoms with van der Waals surface area (Å²) in [5.74, 6) is -0.462. The van der Waals surface area contributed by atoms with Gasteiger partial charge in [0, 0.05) is 42.3 Å². The van der Waals surface area contributed by atoms with E-state index in [9.17, 15) is 9.59 Å². The van der Waals surface area contributed by atoms with E-state index in [0.717, 1.165) is 48.8 Å². The molecule has 2 amide bonds. The fourth-order valence-corrected chi connectivity index (χ4v) is 5.82. The number of aliphatic imine (C=N–C) groups is 1. The lowest BCUT2D eigenvalue weighted by Gasteiger charge is -2.26. The van der Waals surface area contributed by atoms with Crippen molar-refractivity contribution in [3.8, 4) is 0 Å². The zero-order valence-electron chi connectivity index (χ0n) is 20.3. The highest BCUT2D eigenvalue weighted by Gasteiger charge is 2.36. The van der Waals surface area contributed by atoms with E-state index in [1.165, 1.54) is 22.3 Å². The van der Waals surface area contributed by atoms with E-state index in [0.29, 0.717) is 16.8 Å². The van der Waals surface area contributed by atoms with Gasteiger partial charge in [0.2, 0.25) is 11.1 Å². The molecule has 8 nitrogen and oxygen atoms in total. The fourth-order valence-electron chi connectivity index (χ4n) is 4.94.